The minimum Gasteiger partial charge on any atom is -0.387 e. The average Bonchev–Trinajstić information content (AvgIpc) is 2.58. The van der Waals surface area contributed by atoms with Crippen molar-refractivity contribution in [2.45, 2.75) is 31.3 Å². The lowest BCUT2D eigenvalue weighted by Gasteiger charge is -2.22. The van der Waals surface area contributed by atoms with E-state index in [1.54, 1.807) is 0 Å². The molecule has 1 aliphatic rings. The number of phosphoric acid groups is 2. The van der Waals surface area contributed by atoms with E-state index in [9.17, 15) is 28.6 Å². The molecule has 0 saturated carbocycles. The van der Waals surface area contributed by atoms with Gasteiger partial charge in [-0.2, -0.15) is 4.31 Å². The summed E-state index contributed by atoms with van der Waals surface area (Å²) in [5, 5.41) is 10.0. The summed E-state index contributed by atoms with van der Waals surface area (Å²) in [4.78, 5) is 44.9. The molecule has 0 bridgehead atoms. The summed E-state index contributed by atoms with van der Waals surface area (Å²) in [5.41, 5.74) is 0. The summed E-state index contributed by atoms with van der Waals surface area (Å²) in [6.07, 6.45) is -4.75. The molecule has 0 aliphatic carbocycles. The molecule has 1 heterocycles. The zero-order valence-corrected chi connectivity index (χ0v) is 17.6. The van der Waals surface area contributed by atoms with E-state index in [1.165, 1.54) is 6.92 Å². The number of aliphatic hydroxyl groups excluding tert-OH is 1. The fraction of sp³-hybridized carbons (Fsp3) is 1.00. The second-order valence-electron chi connectivity index (χ2n) is 5.13. The largest absolute Gasteiger partial charge is 0.488 e. The van der Waals surface area contributed by atoms with Crippen LogP contribution in [0.5, 0.6) is 0 Å². The van der Waals surface area contributed by atoms with Crippen molar-refractivity contribution in [2.75, 3.05) is 13.3 Å². The van der Waals surface area contributed by atoms with Crippen molar-refractivity contribution in [2.24, 2.45) is 0 Å². The SMILES string of the molecule is C[C@@H]1O[C@H](COP(O)(=S)OP(=O)(O)OP(=O)(O)O)[C@H](O)C1OP(C)(=O)O. The fourth-order valence-electron chi connectivity index (χ4n) is 1.91. The van der Waals surface area contributed by atoms with Gasteiger partial charge in [-0.1, -0.05) is 0 Å². The van der Waals surface area contributed by atoms with Gasteiger partial charge < -0.3 is 38.8 Å². The lowest BCUT2D eigenvalue weighted by molar-refractivity contribution is -0.0134. The van der Waals surface area contributed by atoms with Crippen molar-refractivity contribution in [1.82, 2.24) is 0 Å². The van der Waals surface area contributed by atoms with Gasteiger partial charge in [-0.25, -0.2) is 13.4 Å². The third-order valence-electron chi connectivity index (χ3n) is 2.70. The molecule has 0 spiro atoms. The summed E-state index contributed by atoms with van der Waals surface area (Å²) < 4.78 is 55.4. The molecule has 4 unspecified atom stereocenters. The zero-order chi connectivity index (χ0) is 20.6. The molecule has 0 radical (unpaired) electrons. The predicted octanol–water partition coefficient (Wildman–Crippen LogP) is -0.205. The fourth-order valence-corrected chi connectivity index (χ4v) is 6.62. The molecule has 0 aromatic heterocycles. The van der Waals surface area contributed by atoms with Crippen molar-refractivity contribution >= 4 is 41.8 Å². The van der Waals surface area contributed by atoms with Crippen LogP contribution in [0.2, 0.25) is 0 Å². The van der Waals surface area contributed by atoms with Gasteiger partial charge in [-0.15, -0.1) is 0 Å². The van der Waals surface area contributed by atoms with Gasteiger partial charge in [-0.3, -0.25) is 9.09 Å². The van der Waals surface area contributed by atoms with Crippen LogP contribution in [0.3, 0.4) is 0 Å². The smallest absolute Gasteiger partial charge is 0.387 e. The highest BCUT2D eigenvalue weighted by Gasteiger charge is 2.46. The lowest BCUT2D eigenvalue weighted by atomic mass is 10.1. The topological polar surface area (TPSA) is 219 Å². The van der Waals surface area contributed by atoms with E-state index in [2.05, 4.69) is 25.0 Å². The highest BCUT2D eigenvalue weighted by Crippen LogP contribution is 2.66. The second-order valence-corrected chi connectivity index (χ2v) is 12.8. The van der Waals surface area contributed by atoms with Crippen LogP contribution in [-0.4, -0.2) is 67.3 Å². The number of ether oxygens (including phenoxy) is 1. The van der Waals surface area contributed by atoms with Gasteiger partial charge >= 0.3 is 30.0 Å². The van der Waals surface area contributed by atoms with E-state index in [0.29, 0.717) is 0 Å². The van der Waals surface area contributed by atoms with Crippen molar-refractivity contribution in [3.8, 4) is 0 Å². The molecule has 0 amide bonds. The van der Waals surface area contributed by atoms with Crippen molar-refractivity contribution < 1.29 is 65.7 Å². The van der Waals surface area contributed by atoms with Crippen LogP contribution in [0.1, 0.15) is 6.92 Å². The van der Waals surface area contributed by atoms with E-state index < -0.39 is 61.0 Å². The third kappa shape index (κ3) is 8.93. The summed E-state index contributed by atoms with van der Waals surface area (Å²) in [7, 11) is -14.8. The Labute approximate surface area is 152 Å². The molecule has 0 aromatic carbocycles. The maximum Gasteiger partial charge on any atom is 0.488 e. The van der Waals surface area contributed by atoms with Crippen LogP contribution in [0.4, 0.5) is 0 Å². The molecule has 1 rings (SSSR count). The van der Waals surface area contributed by atoms with Gasteiger partial charge in [0, 0.05) is 6.66 Å². The first kappa shape index (κ1) is 24.9. The highest BCUT2D eigenvalue weighted by molar-refractivity contribution is 8.08. The molecular formula is C7H18O14P4S. The standard InChI is InChI=1S/C7H18O14P4S/c1-4-7(19-22(2,9)10)6(8)5(18-4)3-17-25(16,26)21-24(14,15)20-23(11,12)13/h4-8H,3H2,1-2H3,(H,9,10)(H,14,15)(H,16,26)(H2,11,12,13)/t4-,5+,6-,7?,25?/m0/s1. The number of aliphatic hydroxyl groups is 1. The van der Waals surface area contributed by atoms with Gasteiger partial charge in [-0.05, 0) is 18.7 Å². The Morgan fingerprint density at radius 2 is 1.62 bits per heavy atom. The molecule has 1 fully saturated rings. The molecular weight excluding hydrogens is 464 g/mol. The van der Waals surface area contributed by atoms with E-state index in [-0.39, 0.29) is 0 Å². The Morgan fingerprint density at radius 3 is 2.08 bits per heavy atom. The van der Waals surface area contributed by atoms with Gasteiger partial charge in [0.15, 0.2) is 0 Å². The Hall–Kier alpha value is 0.900. The molecule has 1 aliphatic heterocycles. The Kier molecular flexibility index (Phi) is 8.37. The first-order valence-electron chi connectivity index (χ1n) is 6.51. The summed E-state index contributed by atoms with van der Waals surface area (Å²) in [5.74, 6) is 0. The van der Waals surface area contributed by atoms with Crippen LogP contribution in [0.25, 0.3) is 0 Å². The van der Waals surface area contributed by atoms with Gasteiger partial charge in [0.1, 0.15) is 18.3 Å². The van der Waals surface area contributed by atoms with E-state index in [0.717, 1.165) is 6.66 Å². The normalized spacial score (nSPS) is 34.0. The Balaban J connectivity index is 2.68. The maximum atomic E-state index is 11.3. The molecule has 26 heavy (non-hydrogen) atoms. The number of hydrogen-bond acceptors (Lipinski definition) is 10. The average molecular weight is 482 g/mol. The molecule has 6 N–H and O–H groups in total. The Morgan fingerprint density at radius 1 is 1.08 bits per heavy atom. The van der Waals surface area contributed by atoms with Crippen molar-refractivity contribution in [1.29, 1.82) is 0 Å². The van der Waals surface area contributed by atoms with Crippen LogP contribution in [0, 0.1) is 0 Å². The quantitative estimate of drug-likeness (QED) is 0.234. The number of hydrogen-bond donors (Lipinski definition) is 6. The first-order chi connectivity index (χ1) is 11.4. The van der Waals surface area contributed by atoms with Gasteiger partial charge in [0.25, 0.3) is 0 Å². The maximum absolute atomic E-state index is 11.3. The summed E-state index contributed by atoms with van der Waals surface area (Å²) in [6, 6.07) is 0. The minimum atomic E-state index is -5.46. The Bertz CT molecular complexity index is 685. The van der Waals surface area contributed by atoms with Crippen LogP contribution < -0.4 is 0 Å². The zero-order valence-electron chi connectivity index (χ0n) is 13.2. The monoisotopic (exact) mass is 482 g/mol. The molecule has 156 valence electrons. The van der Waals surface area contributed by atoms with E-state index >= 15 is 0 Å². The van der Waals surface area contributed by atoms with Crippen molar-refractivity contribution in [3.05, 3.63) is 0 Å². The third-order valence-corrected chi connectivity index (χ3v) is 8.06. The van der Waals surface area contributed by atoms with E-state index in [4.69, 9.17) is 23.9 Å². The predicted molar refractivity (Wildman–Crippen MR) is 87.5 cm³/mol. The highest BCUT2D eigenvalue weighted by atomic mass is 32.5. The van der Waals surface area contributed by atoms with Crippen LogP contribution >= 0.6 is 30.0 Å². The van der Waals surface area contributed by atoms with Gasteiger partial charge in [0.05, 0.1) is 12.7 Å². The molecule has 1 saturated heterocycles. The molecule has 14 nitrogen and oxygen atoms in total. The summed E-state index contributed by atoms with van der Waals surface area (Å²) >= 11 is 4.40. The van der Waals surface area contributed by atoms with E-state index in [1.807, 2.05) is 0 Å². The second kappa shape index (κ2) is 8.73. The first-order valence-corrected chi connectivity index (χ1v) is 14.2. The van der Waals surface area contributed by atoms with Crippen LogP contribution in [-0.2, 0) is 47.9 Å². The number of rotatable bonds is 9. The minimum absolute atomic E-state index is 0.700. The summed E-state index contributed by atoms with van der Waals surface area (Å²) in [6.45, 7) is -2.92. The van der Waals surface area contributed by atoms with Crippen LogP contribution in [0.15, 0.2) is 0 Å². The molecule has 19 heteroatoms. The lowest BCUT2D eigenvalue weighted by Crippen LogP contribution is -2.35. The molecule has 0 aromatic rings. The van der Waals surface area contributed by atoms with Crippen molar-refractivity contribution in [3.63, 3.8) is 0 Å². The molecule has 7 atom stereocenters. The van der Waals surface area contributed by atoms with Gasteiger partial charge in [0.2, 0.25) is 0 Å².